The summed E-state index contributed by atoms with van der Waals surface area (Å²) in [5.41, 5.74) is 0.440. The summed E-state index contributed by atoms with van der Waals surface area (Å²) < 4.78 is 10.0. The van der Waals surface area contributed by atoms with Gasteiger partial charge in [-0.2, -0.15) is 0 Å². The highest BCUT2D eigenvalue weighted by Crippen LogP contribution is 2.14. The largest absolute Gasteiger partial charge is 0.469 e. The van der Waals surface area contributed by atoms with Crippen LogP contribution in [0.2, 0.25) is 0 Å². The van der Waals surface area contributed by atoms with Crippen LogP contribution in [0.4, 0.5) is 4.79 Å². The average molecular weight is 307 g/mol. The predicted molar refractivity (Wildman–Crippen MR) is 84.5 cm³/mol. The number of amides is 1. The van der Waals surface area contributed by atoms with Crippen LogP contribution in [-0.4, -0.2) is 30.8 Å². The molecule has 0 saturated carbocycles. The van der Waals surface area contributed by atoms with Gasteiger partial charge in [-0.15, -0.1) is 0 Å². The van der Waals surface area contributed by atoms with Gasteiger partial charge in [0.2, 0.25) is 0 Å². The standard InChI is InChI=1S/C17H25NO4/c1-12(15(19)21-5)14(11-13-9-7-6-8-10-13)18-16(20)22-17(2,3)4/h6-10,12,14H,11H2,1-5H3,(H,18,20)/t12-,14+/m1/s1. The van der Waals surface area contributed by atoms with E-state index in [9.17, 15) is 9.59 Å². The van der Waals surface area contributed by atoms with Gasteiger partial charge in [0.1, 0.15) is 5.60 Å². The number of hydrogen-bond donors (Lipinski definition) is 1. The van der Waals surface area contributed by atoms with Crippen molar-refractivity contribution >= 4 is 12.1 Å². The second kappa shape index (κ2) is 7.82. The molecule has 0 aliphatic heterocycles. The fourth-order valence-corrected chi connectivity index (χ4v) is 2.03. The van der Waals surface area contributed by atoms with E-state index >= 15 is 0 Å². The number of carbonyl (C=O) groups is 2. The zero-order valence-electron chi connectivity index (χ0n) is 13.9. The van der Waals surface area contributed by atoms with Gasteiger partial charge >= 0.3 is 12.1 Å². The maximum absolute atomic E-state index is 12.0. The number of ether oxygens (including phenoxy) is 2. The van der Waals surface area contributed by atoms with Crippen LogP contribution in [0.25, 0.3) is 0 Å². The molecule has 0 aliphatic rings. The SMILES string of the molecule is COC(=O)[C@H](C)[C@H](Cc1ccccc1)NC(=O)OC(C)(C)C. The first kappa shape index (κ1) is 18.0. The Bertz CT molecular complexity index is 493. The zero-order chi connectivity index (χ0) is 16.8. The van der Waals surface area contributed by atoms with E-state index in [1.165, 1.54) is 7.11 Å². The van der Waals surface area contributed by atoms with E-state index in [1.54, 1.807) is 27.7 Å². The van der Waals surface area contributed by atoms with Crippen molar-refractivity contribution in [3.63, 3.8) is 0 Å². The molecule has 0 aliphatic carbocycles. The quantitative estimate of drug-likeness (QED) is 0.850. The van der Waals surface area contributed by atoms with Crippen molar-refractivity contribution in [1.82, 2.24) is 5.32 Å². The van der Waals surface area contributed by atoms with Crippen molar-refractivity contribution in [3.8, 4) is 0 Å². The molecule has 0 radical (unpaired) electrons. The number of rotatable bonds is 5. The van der Waals surface area contributed by atoms with Gasteiger partial charge in [-0.3, -0.25) is 4.79 Å². The Morgan fingerprint density at radius 1 is 1.18 bits per heavy atom. The molecule has 0 unspecified atom stereocenters. The van der Waals surface area contributed by atoms with Gasteiger partial charge in [0, 0.05) is 6.04 Å². The second-order valence-corrected chi connectivity index (χ2v) is 6.25. The smallest absolute Gasteiger partial charge is 0.407 e. The fraction of sp³-hybridized carbons (Fsp3) is 0.529. The third-order valence-corrected chi connectivity index (χ3v) is 3.18. The van der Waals surface area contributed by atoms with Crippen LogP contribution in [0, 0.1) is 5.92 Å². The summed E-state index contributed by atoms with van der Waals surface area (Å²) in [6.07, 6.45) is -0.0136. The predicted octanol–water partition coefficient (Wildman–Crippen LogP) is 2.93. The minimum absolute atomic E-state index is 0.364. The molecule has 0 spiro atoms. The topological polar surface area (TPSA) is 64.6 Å². The van der Waals surface area contributed by atoms with Gasteiger partial charge in [0.15, 0.2) is 0 Å². The van der Waals surface area contributed by atoms with Crippen molar-refractivity contribution in [3.05, 3.63) is 35.9 Å². The minimum atomic E-state index is -0.587. The highest BCUT2D eigenvalue weighted by molar-refractivity contribution is 5.75. The molecule has 1 rings (SSSR count). The van der Waals surface area contributed by atoms with Crippen molar-refractivity contribution in [1.29, 1.82) is 0 Å². The first-order valence-electron chi connectivity index (χ1n) is 7.34. The lowest BCUT2D eigenvalue weighted by atomic mass is 9.95. The van der Waals surface area contributed by atoms with Crippen LogP contribution < -0.4 is 5.32 Å². The molecule has 1 amide bonds. The molecule has 5 heteroatoms. The number of esters is 1. The number of methoxy groups -OCH3 is 1. The molecule has 1 N–H and O–H groups in total. The lowest BCUT2D eigenvalue weighted by Gasteiger charge is -2.26. The molecule has 0 bridgehead atoms. The summed E-state index contributed by atoms with van der Waals surface area (Å²) in [4.78, 5) is 23.8. The lowest BCUT2D eigenvalue weighted by Crippen LogP contribution is -2.46. The molecular weight excluding hydrogens is 282 g/mol. The van der Waals surface area contributed by atoms with Crippen molar-refractivity contribution in [2.75, 3.05) is 7.11 Å². The first-order valence-corrected chi connectivity index (χ1v) is 7.34. The fourth-order valence-electron chi connectivity index (χ4n) is 2.03. The van der Waals surface area contributed by atoms with Gasteiger partial charge in [-0.05, 0) is 39.7 Å². The van der Waals surface area contributed by atoms with Gasteiger partial charge < -0.3 is 14.8 Å². The van der Waals surface area contributed by atoms with Crippen LogP contribution in [-0.2, 0) is 20.7 Å². The summed E-state index contributed by atoms with van der Waals surface area (Å²) >= 11 is 0. The third-order valence-electron chi connectivity index (χ3n) is 3.18. The van der Waals surface area contributed by atoms with E-state index in [0.717, 1.165) is 5.56 Å². The molecule has 0 fully saturated rings. The molecule has 2 atom stereocenters. The Hall–Kier alpha value is -2.04. The number of benzene rings is 1. The summed E-state index contributed by atoms with van der Waals surface area (Å²) in [7, 11) is 1.34. The Labute approximate surface area is 132 Å². The Kier molecular flexibility index (Phi) is 6.40. The minimum Gasteiger partial charge on any atom is -0.469 e. The van der Waals surface area contributed by atoms with E-state index in [0.29, 0.717) is 6.42 Å². The van der Waals surface area contributed by atoms with Gasteiger partial charge in [0.05, 0.1) is 13.0 Å². The van der Waals surface area contributed by atoms with Crippen LogP contribution in [0.3, 0.4) is 0 Å². The zero-order valence-corrected chi connectivity index (χ0v) is 13.9. The number of nitrogens with one attached hydrogen (secondary N) is 1. The molecule has 1 aromatic carbocycles. The van der Waals surface area contributed by atoms with Crippen molar-refractivity contribution in [2.24, 2.45) is 5.92 Å². The number of alkyl carbamates (subject to hydrolysis) is 1. The second-order valence-electron chi connectivity index (χ2n) is 6.25. The Balaban J connectivity index is 2.82. The summed E-state index contributed by atoms with van der Waals surface area (Å²) in [5.74, 6) is -0.838. The molecule has 1 aromatic rings. The van der Waals surface area contributed by atoms with Crippen LogP contribution in [0.15, 0.2) is 30.3 Å². The molecule has 5 nitrogen and oxygen atoms in total. The van der Waals surface area contributed by atoms with E-state index in [2.05, 4.69) is 5.32 Å². The third kappa shape index (κ3) is 6.16. The van der Waals surface area contributed by atoms with Crippen LogP contribution in [0.5, 0.6) is 0 Å². The summed E-state index contributed by atoms with van der Waals surface area (Å²) in [5, 5.41) is 2.78. The van der Waals surface area contributed by atoms with Crippen molar-refractivity contribution in [2.45, 2.75) is 45.8 Å². The van der Waals surface area contributed by atoms with Crippen LogP contribution in [0.1, 0.15) is 33.3 Å². The number of carbonyl (C=O) groups excluding carboxylic acids is 2. The van der Waals surface area contributed by atoms with E-state index in [-0.39, 0.29) is 5.97 Å². The molecular formula is C17H25NO4. The maximum atomic E-state index is 12.0. The van der Waals surface area contributed by atoms with Crippen molar-refractivity contribution < 1.29 is 19.1 Å². The lowest BCUT2D eigenvalue weighted by molar-refractivity contribution is -0.145. The monoisotopic (exact) mass is 307 g/mol. The van der Waals surface area contributed by atoms with E-state index < -0.39 is 23.7 Å². The highest BCUT2D eigenvalue weighted by atomic mass is 16.6. The van der Waals surface area contributed by atoms with E-state index in [4.69, 9.17) is 9.47 Å². The normalized spacial score (nSPS) is 13.9. The van der Waals surface area contributed by atoms with Crippen LogP contribution >= 0.6 is 0 Å². The van der Waals surface area contributed by atoms with Gasteiger partial charge in [0.25, 0.3) is 0 Å². The molecule has 0 aromatic heterocycles. The molecule has 0 heterocycles. The molecule has 22 heavy (non-hydrogen) atoms. The Morgan fingerprint density at radius 3 is 2.27 bits per heavy atom. The Morgan fingerprint density at radius 2 is 1.77 bits per heavy atom. The first-order chi connectivity index (χ1) is 10.2. The molecule has 0 saturated heterocycles. The van der Waals surface area contributed by atoms with Gasteiger partial charge in [-0.25, -0.2) is 4.79 Å². The van der Waals surface area contributed by atoms with E-state index in [1.807, 2.05) is 30.3 Å². The molecule has 122 valence electrons. The highest BCUT2D eigenvalue weighted by Gasteiger charge is 2.28. The van der Waals surface area contributed by atoms with Gasteiger partial charge in [-0.1, -0.05) is 30.3 Å². The number of hydrogen-bond acceptors (Lipinski definition) is 4. The maximum Gasteiger partial charge on any atom is 0.407 e. The summed E-state index contributed by atoms with van der Waals surface area (Å²) in [6.45, 7) is 7.12. The average Bonchev–Trinajstić information content (AvgIpc) is 2.44. The summed E-state index contributed by atoms with van der Waals surface area (Å²) in [6, 6.07) is 9.26.